The summed E-state index contributed by atoms with van der Waals surface area (Å²) in [6.07, 6.45) is 5.98. The molecule has 6 rings (SSSR count). The molecule has 0 unspecified atom stereocenters. The van der Waals surface area contributed by atoms with Crippen molar-refractivity contribution in [3.63, 3.8) is 0 Å². The van der Waals surface area contributed by atoms with Gasteiger partial charge < -0.3 is 9.13 Å². The Morgan fingerprint density at radius 2 is 1.74 bits per heavy atom. The van der Waals surface area contributed by atoms with E-state index in [1.54, 1.807) is 0 Å². The maximum Gasteiger partial charge on any atom is 0.205 e. The minimum absolute atomic E-state index is 0.591. The molecular formula is C30H30N8. The Hall–Kier alpha value is -4.59. The van der Waals surface area contributed by atoms with Crippen molar-refractivity contribution in [1.29, 1.82) is 0 Å². The molecule has 0 amide bonds. The lowest BCUT2D eigenvalue weighted by molar-refractivity contribution is 0.722. The summed E-state index contributed by atoms with van der Waals surface area (Å²) in [5.74, 6) is 1.71. The molecule has 0 saturated heterocycles. The first-order chi connectivity index (χ1) is 18.6. The molecule has 0 spiro atoms. The van der Waals surface area contributed by atoms with E-state index in [9.17, 15) is 0 Å². The van der Waals surface area contributed by atoms with E-state index >= 15 is 0 Å². The van der Waals surface area contributed by atoms with Crippen LogP contribution in [0, 0.1) is 6.92 Å². The average molecular weight is 503 g/mol. The van der Waals surface area contributed by atoms with Crippen LogP contribution < -0.4 is 0 Å². The second-order valence-corrected chi connectivity index (χ2v) is 9.59. The quantitative estimate of drug-likeness (QED) is 0.273. The number of aromatic nitrogens is 8. The average Bonchev–Trinajstić information content (AvgIpc) is 3.71. The predicted molar refractivity (Wildman–Crippen MR) is 150 cm³/mol. The Labute approximate surface area is 221 Å². The molecule has 1 N–H and O–H groups in total. The van der Waals surface area contributed by atoms with Crippen LogP contribution in [0.3, 0.4) is 0 Å². The van der Waals surface area contributed by atoms with Gasteiger partial charge in [-0.05, 0) is 59.9 Å². The van der Waals surface area contributed by atoms with Crippen molar-refractivity contribution in [3.8, 4) is 33.8 Å². The van der Waals surface area contributed by atoms with E-state index in [0.29, 0.717) is 5.82 Å². The summed E-state index contributed by atoms with van der Waals surface area (Å²) in [7, 11) is 0. The molecule has 3 heterocycles. The van der Waals surface area contributed by atoms with Gasteiger partial charge in [0.25, 0.3) is 0 Å². The van der Waals surface area contributed by atoms with Crippen molar-refractivity contribution in [2.75, 3.05) is 0 Å². The maximum atomic E-state index is 5.07. The van der Waals surface area contributed by atoms with E-state index in [-0.39, 0.29) is 0 Å². The lowest BCUT2D eigenvalue weighted by atomic mass is 9.98. The van der Waals surface area contributed by atoms with E-state index in [4.69, 9.17) is 4.98 Å². The van der Waals surface area contributed by atoms with E-state index in [0.717, 1.165) is 70.7 Å². The summed E-state index contributed by atoms with van der Waals surface area (Å²) in [5.41, 5.74) is 9.88. The third kappa shape index (κ3) is 4.38. The van der Waals surface area contributed by atoms with Crippen LogP contribution in [0.2, 0.25) is 0 Å². The van der Waals surface area contributed by atoms with Crippen LogP contribution in [0.15, 0.2) is 73.2 Å². The monoisotopic (exact) mass is 502 g/mol. The number of hydrogen-bond acceptors (Lipinski definition) is 5. The molecule has 0 aliphatic carbocycles. The Morgan fingerprint density at radius 1 is 0.921 bits per heavy atom. The van der Waals surface area contributed by atoms with Crippen LogP contribution in [-0.2, 0) is 19.5 Å². The first kappa shape index (κ1) is 23.8. The molecule has 0 aliphatic heterocycles. The molecule has 6 aromatic rings. The standard InChI is InChI=1S/C30H30N8/c1-4-8-28-32-29-20(3)15-23(26-18-37(5-2)19-31-26)16-27(29)38(28)17-21-11-13-22(14-12-21)24-9-6-7-10-25(24)30-33-35-36-34-30/h6-7,9-16,18-19H,4-5,8,17H2,1-3H3,(H,33,34,35,36). The largest absolute Gasteiger partial charge is 0.337 e. The number of rotatable bonds is 8. The summed E-state index contributed by atoms with van der Waals surface area (Å²) in [6.45, 7) is 8.13. The minimum Gasteiger partial charge on any atom is -0.337 e. The molecule has 0 radical (unpaired) electrons. The SMILES string of the molecule is CCCc1nc2c(C)cc(-c3cn(CC)cn3)cc2n1Cc1ccc(-c2ccccc2-c2nn[nH]n2)cc1. The minimum atomic E-state index is 0.591. The molecule has 0 aliphatic rings. The molecule has 8 nitrogen and oxygen atoms in total. The number of hydrogen-bond donors (Lipinski definition) is 1. The Morgan fingerprint density at radius 3 is 2.45 bits per heavy atom. The van der Waals surface area contributed by atoms with Crippen LogP contribution in [0.25, 0.3) is 44.8 Å². The lowest BCUT2D eigenvalue weighted by Crippen LogP contribution is -2.05. The van der Waals surface area contributed by atoms with Crippen LogP contribution in [0.4, 0.5) is 0 Å². The summed E-state index contributed by atoms with van der Waals surface area (Å²) < 4.78 is 4.47. The number of imidazole rings is 2. The highest BCUT2D eigenvalue weighted by Crippen LogP contribution is 2.31. The molecular weight excluding hydrogens is 472 g/mol. The first-order valence-corrected chi connectivity index (χ1v) is 13.1. The van der Waals surface area contributed by atoms with Gasteiger partial charge in [-0.15, -0.1) is 10.2 Å². The fourth-order valence-electron chi connectivity index (χ4n) is 5.04. The zero-order valence-corrected chi connectivity index (χ0v) is 21.9. The molecule has 0 saturated carbocycles. The van der Waals surface area contributed by atoms with Crippen molar-refractivity contribution in [2.45, 2.75) is 46.7 Å². The smallest absolute Gasteiger partial charge is 0.205 e. The lowest BCUT2D eigenvalue weighted by Gasteiger charge is -2.12. The van der Waals surface area contributed by atoms with Gasteiger partial charge in [0.15, 0.2) is 0 Å². The van der Waals surface area contributed by atoms with Crippen LogP contribution in [-0.4, -0.2) is 39.7 Å². The highest BCUT2D eigenvalue weighted by Gasteiger charge is 2.16. The number of aromatic amines is 1. The van der Waals surface area contributed by atoms with Crippen molar-refractivity contribution < 1.29 is 0 Å². The molecule has 38 heavy (non-hydrogen) atoms. The fraction of sp³-hybridized carbons (Fsp3) is 0.233. The van der Waals surface area contributed by atoms with E-state index < -0.39 is 0 Å². The van der Waals surface area contributed by atoms with E-state index in [1.807, 2.05) is 24.5 Å². The molecule has 3 aromatic heterocycles. The Kier molecular flexibility index (Phi) is 6.29. The van der Waals surface area contributed by atoms with Crippen LogP contribution >= 0.6 is 0 Å². The second kappa shape index (κ2) is 10.0. The van der Waals surface area contributed by atoms with E-state index in [1.165, 1.54) is 11.1 Å². The predicted octanol–water partition coefficient (Wildman–Crippen LogP) is 6.08. The van der Waals surface area contributed by atoms with Crippen molar-refractivity contribution in [1.82, 2.24) is 39.7 Å². The van der Waals surface area contributed by atoms with Gasteiger partial charge in [-0.3, -0.25) is 0 Å². The van der Waals surface area contributed by atoms with Gasteiger partial charge in [-0.1, -0.05) is 55.5 Å². The normalized spacial score (nSPS) is 11.4. The zero-order valence-electron chi connectivity index (χ0n) is 21.9. The third-order valence-electron chi connectivity index (χ3n) is 7.01. The number of nitrogens with zero attached hydrogens (tertiary/aromatic N) is 7. The number of fused-ring (bicyclic) bond motifs is 1. The molecule has 0 bridgehead atoms. The summed E-state index contributed by atoms with van der Waals surface area (Å²) in [5, 5.41) is 14.6. The molecule has 8 heteroatoms. The van der Waals surface area contributed by atoms with Gasteiger partial charge in [0, 0.05) is 36.8 Å². The maximum absolute atomic E-state index is 5.07. The Bertz CT molecular complexity index is 1690. The topological polar surface area (TPSA) is 90.1 Å². The molecule has 0 fully saturated rings. The van der Waals surface area contributed by atoms with Crippen LogP contribution in [0.1, 0.15) is 37.2 Å². The van der Waals surface area contributed by atoms with Crippen molar-refractivity contribution >= 4 is 11.0 Å². The highest BCUT2D eigenvalue weighted by molar-refractivity contribution is 5.85. The Balaban J connectivity index is 1.37. The molecule has 3 aromatic carbocycles. The summed E-state index contributed by atoms with van der Waals surface area (Å²) in [6, 6.07) is 21.3. The summed E-state index contributed by atoms with van der Waals surface area (Å²) in [4.78, 5) is 9.72. The van der Waals surface area contributed by atoms with Gasteiger partial charge >= 0.3 is 0 Å². The van der Waals surface area contributed by atoms with Gasteiger partial charge in [-0.2, -0.15) is 5.21 Å². The molecule has 190 valence electrons. The van der Waals surface area contributed by atoms with E-state index in [2.05, 4.69) is 104 Å². The number of H-pyrrole nitrogens is 1. The first-order valence-electron chi connectivity index (χ1n) is 13.1. The van der Waals surface area contributed by atoms with Crippen molar-refractivity contribution in [3.05, 3.63) is 90.1 Å². The van der Waals surface area contributed by atoms with Crippen molar-refractivity contribution in [2.24, 2.45) is 0 Å². The van der Waals surface area contributed by atoms with Gasteiger partial charge in [0.1, 0.15) is 5.82 Å². The molecule has 0 atom stereocenters. The van der Waals surface area contributed by atoms with Crippen LogP contribution in [0.5, 0.6) is 0 Å². The second-order valence-electron chi connectivity index (χ2n) is 9.59. The highest BCUT2D eigenvalue weighted by atomic mass is 15.5. The number of benzene rings is 3. The van der Waals surface area contributed by atoms with Gasteiger partial charge in [0.05, 0.1) is 23.1 Å². The number of tetrazole rings is 1. The number of nitrogens with one attached hydrogen (secondary N) is 1. The van der Waals surface area contributed by atoms with Gasteiger partial charge in [0.2, 0.25) is 5.82 Å². The number of aryl methyl sites for hydroxylation is 3. The van der Waals surface area contributed by atoms with Gasteiger partial charge in [-0.25, -0.2) is 9.97 Å². The third-order valence-corrected chi connectivity index (χ3v) is 7.01. The summed E-state index contributed by atoms with van der Waals surface area (Å²) >= 11 is 0. The zero-order chi connectivity index (χ0) is 26.1. The fourth-order valence-corrected chi connectivity index (χ4v) is 5.04.